The molecule has 0 saturated carbocycles. The van der Waals surface area contributed by atoms with Gasteiger partial charge >= 0.3 is 6.18 Å². The van der Waals surface area contributed by atoms with Gasteiger partial charge in [0.15, 0.2) is 0 Å². The van der Waals surface area contributed by atoms with E-state index in [0.29, 0.717) is 22.1 Å². The first-order valence-electron chi connectivity index (χ1n) is 11.4. The Kier molecular flexibility index (Phi) is 5.99. The van der Waals surface area contributed by atoms with Crippen LogP contribution in [0.2, 0.25) is 0 Å². The summed E-state index contributed by atoms with van der Waals surface area (Å²) in [6.45, 7) is 3.91. The predicted octanol–water partition coefficient (Wildman–Crippen LogP) is 7.25. The third kappa shape index (κ3) is 4.67. The Morgan fingerprint density at radius 2 is 1.70 bits per heavy atom. The molecule has 188 valence electrons. The lowest BCUT2D eigenvalue weighted by molar-refractivity contribution is -0.137. The molecule has 5 rings (SSSR count). The number of para-hydroxylation sites is 1. The summed E-state index contributed by atoms with van der Waals surface area (Å²) in [7, 11) is 0. The first-order chi connectivity index (χ1) is 17.6. The van der Waals surface area contributed by atoms with Gasteiger partial charge in [0.25, 0.3) is 5.91 Å². The number of alkyl halides is 3. The molecule has 2 aromatic heterocycles. The normalized spacial score (nSPS) is 11.7. The van der Waals surface area contributed by atoms with Crippen molar-refractivity contribution in [2.45, 2.75) is 26.4 Å². The minimum Gasteiger partial charge on any atom is -0.464 e. The first kappa shape index (κ1) is 24.2. The Bertz CT molecular complexity index is 1660. The van der Waals surface area contributed by atoms with Crippen molar-refractivity contribution in [2.24, 2.45) is 0 Å². The number of hydrogen-bond acceptors (Lipinski definition) is 4. The molecule has 0 atom stereocenters. The third-order valence-electron chi connectivity index (χ3n) is 6.21. The van der Waals surface area contributed by atoms with E-state index in [1.807, 2.05) is 26.0 Å². The summed E-state index contributed by atoms with van der Waals surface area (Å²) in [6.07, 6.45) is -3.05. The Morgan fingerprint density at radius 3 is 2.49 bits per heavy atom. The largest absolute Gasteiger partial charge is 0.464 e. The highest BCUT2D eigenvalue weighted by Crippen LogP contribution is 2.34. The summed E-state index contributed by atoms with van der Waals surface area (Å²) >= 11 is 0. The fourth-order valence-electron chi connectivity index (χ4n) is 4.17. The van der Waals surface area contributed by atoms with Gasteiger partial charge in [0.05, 0.1) is 18.2 Å². The number of hydrogen-bond donors (Lipinski definition) is 2. The van der Waals surface area contributed by atoms with Crippen molar-refractivity contribution in [3.05, 3.63) is 94.9 Å². The molecule has 0 saturated heterocycles. The molecule has 37 heavy (non-hydrogen) atoms. The summed E-state index contributed by atoms with van der Waals surface area (Å²) in [5.41, 5.74) is 2.94. The van der Waals surface area contributed by atoms with Gasteiger partial charge in [-0.2, -0.15) is 13.2 Å². The molecular formula is C28H21F3N2O4. The van der Waals surface area contributed by atoms with Crippen LogP contribution in [-0.2, 0) is 17.4 Å². The van der Waals surface area contributed by atoms with Crippen LogP contribution >= 0.6 is 0 Å². The Hall–Kier alpha value is -4.53. The summed E-state index contributed by atoms with van der Waals surface area (Å²) in [4.78, 5) is 26.1. The van der Waals surface area contributed by atoms with E-state index in [1.54, 1.807) is 24.3 Å². The van der Waals surface area contributed by atoms with Crippen LogP contribution in [-0.4, -0.2) is 11.8 Å². The summed E-state index contributed by atoms with van der Waals surface area (Å²) in [6, 6.07) is 14.8. The number of anilines is 2. The number of amides is 2. The van der Waals surface area contributed by atoms with Crippen molar-refractivity contribution in [1.82, 2.24) is 0 Å². The van der Waals surface area contributed by atoms with Gasteiger partial charge < -0.3 is 19.5 Å². The van der Waals surface area contributed by atoms with Crippen LogP contribution in [0.3, 0.4) is 0 Å². The quantitative estimate of drug-likeness (QED) is 0.263. The van der Waals surface area contributed by atoms with Crippen LogP contribution in [0.15, 0.2) is 75.8 Å². The molecule has 9 heteroatoms. The molecule has 0 aliphatic rings. The minimum atomic E-state index is -4.56. The number of fused-ring (bicyclic) bond motifs is 2. The molecule has 0 bridgehead atoms. The van der Waals surface area contributed by atoms with E-state index in [9.17, 15) is 22.8 Å². The number of nitrogens with one attached hydrogen (secondary N) is 2. The van der Waals surface area contributed by atoms with Crippen LogP contribution in [0.5, 0.6) is 0 Å². The number of aryl methyl sites for hydroxylation is 2. The lowest BCUT2D eigenvalue weighted by Gasteiger charge is -2.10. The third-order valence-corrected chi connectivity index (χ3v) is 6.21. The molecular weight excluding hydrogens is 485 g/mol. The van der Waals surface area contributed by atoms with Crippen molar-refractivity contribution in [3.63, 3.8) is 0 Å². The molecule has 3 aromatic carbocycles. The highest BCUT2D eigenvalue weighted by molar-refractivity contribution is 6.14. The summed E-state index contributed by atoms with van der Waals surface area (Å²) in [5.74, 6) is -1.44. The Balaban J connectivity index is 1.43. The van der Waals surface area contributed by atoms with Crippen molar-refractivity contribution in [3.8, 4) is 0 Å². The van der Waals surface area contributed by atoms with E-state index in [4.69, 9.17) is 8.83 Å². The van der Waals surface area contributed by atoms with E-state index in [1.165, 1.54) is 18.4 Å². The van der Waals surface area contributed by atoms with Crippen molar-refractivity contribution < 1.29 is 31.6 Å². The zero-order valence-corrected chi connectivity index (χ0v) is 19.8. The second-order valence-corrected chi connectivity index (χ2v) is 8.71. The van der Waals surface area contributed by atoms with Crippen LogP contribution in [0.25, 0.3) is 21.9 Å². The zero-order valence-electron chi connectivity index (χ0n) is 19.8. The average Bonchev–Trinajstić information content (AvgIpc) is 3.43. The van der Waals surface area contributed by atoms with Crippen molar-refractivity contribution in [1.29, 1.82) is 0 Å². The number of furan rings is 2. The fraction of sp³-hybridized carbons (Fsp3) is 0.143. The number of halogens is 3. The first-order valence-corrected chi connectivity index (χ1v) is 11.4. The fourth-order valence-corrected chi connectivity index (χ4v) is 4.17. The highest BCUT2D eigenvalue weighted by Gasteiger charge is 2.31. The van der Waals surface area contributed by atoms with Gasteiger partial charge in [-0.25, -0.2) is 0 Å². The van der Waals surface area contributed by atoms with Gasteiger partial charge in [0.2, 0.25) is 11.7 Å². The topological polar surface area (TPSA) is 84.5 Å². The number of carbonyl (C=O) groups is 2. The zero-order chi connectivity index (χ0) is 26.3. The monoisotopic (exact) mass is 506 g/mol. The molecule has 0 spiro atoms. The summed E-state index contributed by atoms with van der Waals surface area (Å²) < 4.78 is 50.6. The number of benzene rings is 3. The second-order valence-electron chi connectivity index (χ2n) is 8.71. The van der Waals surface area contributed by atoms with E-state index in [-0.39, 0.29) is 23.6 Å². The smallest absolute Gasteiger partial charge is 0.416 e. The molecule has 5 aromatic rings. The molecule has 0 radical (unpaired) electrons. The minimum absolute atomic E-state index is 0.0241. The maximum absolute atomic E-state index is 13.1. The Morgan fingerprint density at radius 1 is 0.919 bits per heavy atom. The van der Waals surface area contributed by atoms with Crippen LogP contribution in [0.1, 0.15) is 32.8 Å². The van der Waals surface area contributed by atoms with Gasteiger partial charge in [-0.3, -0.25) is 9.59 Å². The predicted molar refractivity (Wildman–Crippen MR) is 134 cm³/mol. The average molecular weight is 506 g/mol. The molecule has 0 aliphatic carbocycles. The van der Waals surface area contributed by atoms with E-state index >= 15 is 0 Å². The maximum Gasteiger partial charge on any atom is 0.416 e. The van der Waals surface area contributed by atoms with Gasteiger partial charge in [-0.05, 0) is 55.3 Å². The van der Waals surface area contributed by atoms with Gasteiger partial charge in [-0.1, -0.05) is 30.3 Å². The molecule has 0 fully saturated rings. The molecule has 2 heterocycles. The van der Waals surface area contributed by atoms with Gasteiger partial charge in [0, 0.05) is 22.0 Å². The lowest BCUT2D eigenvalue weighted by atomic mass is 10.0. The summed E-state index contributed by atoms with van der Waals surface area (Å²) in [5, 5.41) is 6.47. The molecule has 2 amide bonds. The Labute approximate surface area is 209 Å². The van der Waals surface area contributed by atoms with E-state index < -0.39 is 23.6 Å². The van der Waals surface area contributed by atoms with E-state index in [2.05, 4.69) is 10.6 Å². The SMILES string of the molecule is Cc1ccc2c(CC(=O)Nc3c(C(=O)Nc4cccc(C(F)(F)F)c4)oc4ccccc34)coc2c1C. The number of rotatable bonds is 5. The lowest BCUT2D eigenvalue weighted by Crippen LogP contribution is -2.18. The van der Waals surface area contributed by atoms with Crippen molar-refractivity contribution >= 4 is 45.1 Å². The molecule has 0 aliphatic heterocycles. The molecule has 6 nitrogen and oxygen atoms in total. The van der Waals surface area contributed by atoms with Crippen LogP contribution in [0, 0.1) is 13.8 Å². The maximum atomic E-state index is 13.1. The molecule has 2 N–H and O–H groups in total. The second kappa shape index (κ2) is 9.16. The van der Waals surface area contributed by atoms with Crippen LogP contribution in [0.4, 0.5) is 24.5 Å². The standard InChI is InChI=1S/C28H21F3N2O4/c1-15-10-11-20-17(14-36-25(20)16(15)2)12-23(34)33-24-21-8-3-4-9-22(21)37-26(24)27(35)32-19-7-5-6-18(13-19)28(29,30)31/h3-11,13-14H,12H2,1-2H3,(H,32,35)(H,33,34). The van der Waals surface area contributed by atoms with Gasteiger partial charge in [0.1, 0.15) is 16.9 Å². The molecule has 0 unspecified atom stereocenters. The van der Waals surface area contributed by atoms with E-state index in [0.717, 1.165) is 28.6 Å². The van der Waals surface area contributed by atoms with Crippen molar-refractivity contribution in [2.75, 3.05) is 10.6 Å². The van der Waals surface area contributed by atoms with Crippen LogP contribution < -0.4 is 10.6 Å². The number of carbonyl (C=O) groups excluding carboxylic acids is 2. The highest BCUT2D eigenvalue weighted by atomic mass is 19.4. The van der Waals surface area contributed by atoms with Gasteiger partial charge in [-0.15, -0.1) is 0 Å².